The van der Waals surface area contributed by atoms with E-state index in [1.54, 1.807) is 0 Å². The topological polar surface area (TPSA) is 124 Å². The van der Waals surface area contributed by atoms with Crippen LogP contribution in [0.25, 0.3) is 11.6 Å². The number of rotatable bonds is 0. The van der Waals surface area contributed by atoms with Crippen molar-refractivity contribution in [1.82, 2.24) is 15.2 Å². The Bertz CT molecular complexity index is 958. The lowest BCUT2D eigenvalue weighted by molar-refractivity contribution is -0.277. The molecule has 14 heteroatoms. The van der Waals surface area contributed by atoms with Gasteiger partial charge in [0, 0.05) is 12.8 Å². The van der Waals surface area contributed by atoms with Crippen molar-refractivity contribution in [2.75, 3.05) is 12.3 Å². The van der Waals surface area contributed by atoms with Crippen molar-refractivity contribution in [3.8, 4) is 17.5 Å². The number of anilines is 1. The minimum absolute atomic E-state index is 0.373. The molecule has 0 saturated carbocycles. The molecule has 3 N–H and O–H groups in total. The van der Waals surface area contributed by atoms with Crippen LogP contribution in [0.4, 0.5) is 32.0 Å². The maximum absolute atomic E-state index is 13.5. The van der Waals surface area contributed by atoms with Gasteiger partial charge in [0.25, 0.3) is 11.8 Å². The fraction of sp³-hybridized carbons (Fsp3) is 0.500. The summed E-state index contributed by atoms with van der Waals surface area (Å²) in [6.07, 6.45) is -12.2. The number of carbonyl (C=O) groups excluding carboxylic acids is 1. The molecule has 2 aromatic rings. The second-order valence-electron chi connectivity index (χ2n) is 6.54. The Balaban J connectivity index is 2.17. The Morgan fingerprint density at radius 2 is 1.83 bits per heavy atom. The van der Waals surface area contributed by atoms with E-state index in [0.29, 0.717) is 6.07 Å². The van der Waals surface area contributed by atoms with E-state index in [4.69, 9.17) is 14.9 Å². The third-order valence-electron chi connectivity index (χ3n) is 4.39. The molecule has 0 spiro atoms. The summed E-state index contributed by atoms with van der Waals surface area (Å²) in [6.45, 7) is -0.503. The van der Waals surface area contributed by atoms with Crippen LogP contribution < -0.4 is 10.5 Å². The van der Waals surface area contributed by atoms with Gasteiger partial charge in [-0.05, 0) is 18.9 Å². The Morgan fingerprint density at radius 1 is 1.13 bits per heavy atom. The molecular weight excluding hydrogens is 426 g/mol. The third-order valence-corrected chi connectivity index (χ3v) is 4.39. The highest BCUT2D eigenvalue weighted by Gasteiger charge is 2.58. The molecule has 1 atom stereocenters. The molecule has 0 aromatic carbocycles. The number of hydrogen-bond acceptors (Lipinski definition) is 8. The first-order chi connectivity index (χ1) is 13.8. The first-order valence-corrected chi connectivity index (χ1v) is 8.48. The summed E-state index contributed by atoms with van der Waals surface area (Å²) in [6, 6.07) is 0.450. The number of ketones is 1. The molecular formula is C16H14F6N4O4. The van der Waals surface area contributed by atoms with Crippen LogP contribution in [0.15, 0.2) is 10.5 Å². The number of halogens is 6. The summed E-state index contributed by atoms with van der Waals surface area (Å²) < 4.78 is 90.2. The highest BCUT2D eigenvalue weighted by Crippen LogP contribution is 2.44. The average Bonchev–Trinajstić information content (AvgIpc) is 3.10. The van der Waals surface area contributed by atoms with Gasteiger partial charge in [0.1, 0.15) is 11.3 Å². The van der Waals surface area contributed by atoms with Gasteiger partial charge < -0.3 is 20.0 Å². The third kappa shape index (κ3) is 4.04. The Kier molecular flexibility index (Phi) is 5.39. The zero-order valence-electron chi connectivity index (χ0n) is 15.0. The molecule has 1 unspecified atom stereocenters. The monoisotopic (exact) mass is 440 g/mol. The highest BCUT2D eigenvalue weighted by molar-refractivity contribution is 5.78. The van der Waals surface area contributed by atoms with Gasteiger partial charge in [0.05, 0.1) is 12.3 Å². The van der Waals surface area contributed by atoms with E-state index in [1.165, 1.54) is 0 Å². The fourth-order valence-electron chi connectivity index (χ4n) is 2.78. The van der Waals surface area contributed by atoms with E-state index in [9.17, 15) is 36.2 Å². The minimum Gasteiger partial charge on any atom is -0.477 e. The predicted molar refractivity (Wildman–Crippen MR) is 85.9 cm³/mol. The van der Waals surface area contributed by atoms with E-state index in [2.05, 4.69) is 15.2 Å². The summed E-state index contributed by atoms with van der Waals surface area (Å²) in [4.78, 5) is 15.4. The molecule has 1 aliphatic rings. The van der Waals surface area contributed by atoms with Crippen LogP contribution in [-0.2, 0) is 16.6 Å². The lowest BCUT2D eigenvalue weighted by atomic mass is 9.94. The molecule has 2 aromatic heterocycles. The zero-order valence-corrected chi connectivity index (χ0v) is 15.0. The quantitative estimate of drug-likeness (QED) is 0.599. The summed E-state index contributed by atoms with van der Waals surface area (Å²) >= 11 is 0. The van der Waals surface area contributed by atoms with E-state index >= 15 is 0 Å². The van der Waals surface area contributed by atoms with Gasteiger partial charge in [0.15, 0.2) is 5.69 Å². The second kappa shape index (κ2) is 7.41. The van der Waals surface area contributed by atoms with Crippen molar-refractivity contribution < 1.29 is 45.4 Å². The number of alkyl halides is 6. The number of pyridine rings is 1. The van der Waals surface area contributed by atoms with Gasteiger partial charge in [-0.3, -0.25) is 4.79 Å². The number of Topliss-reactive ketones (excluding diaryl/α,β-unsaturated/α-hetero) is 1. The molecule has 1 aliphatic heterocycles. The lowest BCUT2D eigenvalue weighted by Crippen LogP contribution is -2.42. The smallest absolute Gasteiger partial charge is 0.426 e. The first-order valence-electron chi connectivity index (χ1n) is 8.48. The summed E-state index contributed by atoms with van der Waals surface area (Å²) in [7, 11) is 0. The molecule has 0 amide bonds. The van der Waals surface area contributed by atoms with Crippen molar-refractivity contribution in [2.24, 2.45) is 0 Å². The maximum Gasteiger partial charge on any atom is 0.426 e. The van der Waals surface area contributed by atoms with Gasteiger partial charge in [-0.15, -0.1) is 10.2 Å². The number of fused-ring (bicyclic) bond motifs is 5. The lowest BCUT2D eigenvalue weighted by Gasteiger charge is -2.26. The van der Waals surface area contributed by atoms with Gasteiger partial charge in [-0.2, -0.15) is 26.3 Å². The number of nitrogens with zero attached hydrogens (tertiary/aromatic N) is 3. The highest BCUT2D eigenvalue weighted by atomic mass is 19.4. The normalized spacial score (nSPS) is 21.1. The van der Waals surface area contributed by atoms with Crippen molar-refractivity contribution in [3.05, 3.63) is 17.5 Å². The predicted octanol–water partition coefficient (Wildman–Crippen LogP) is 3.00. The van der Waals surface area contributed by atoms with Crippen LogP contribution >= 0.6 is 0 Å². The fourth-order valence-corrected chi connectivity index (χ4v) is 2.78. The number of nitrogen functional groups attached to an aromatic ring is 1. The van der Waals surface area contributed by atoms with Crippen molar-refractivity contribution in [2.45, 2.75) is 43.6 Å². The molecule has 3 rings (SSSR count). The Labute approximate surface area is 164 Å². The van der Waals surface area contributed by atoms with Crippen LogP contribution in [0.1, 0.15) is 37.1 Å². The van der Waals surface area contributed by atoms with Crippen LogP contribution in [0.5, 0.6) is 5.88 Å². The molecule has 4 bridgehead atoms. The molecule has 3 heterocycles. The number of nitrogens with two attached hydrogens (primary N) is 1. The number of carbonyl (C=O) groups is 1. The van der Waals surface area contributed by atoms with Crippen LogP contribution in [0.3, 0.4) is 0 Å². The number of aliphatic hydroxyl groups is 1. The molecule has 164 valence electrons. The van der Waals surface area contributed by atoms with Crippen LogP contribution in [0.2, 0.25) is 0 Å². The van der Waals surface area contributed by atoms with E-state index in [1.807, 2.05) is 0 Å². The van der Waals surface area contributed by atoms with Crippen molar-refractivity contribution >= 4 is 11.5 Å². The van der Waals surface area contributed by atoms with E-state index in [-0.39, 0.29) is 12.8 Å². The van der Waals surface area contributed by atoms with Crippen molar-refractivity contribution in [1.29, 1.82) is 0 Å². The SMILES string of the molecule is Nc1cc(C(F)(F)F)c2nc1-c1nnc(o1)C(O)(C(F)(F)F)CCCC(=O)CCO2. The number of ether oxygens (including phenoxy) is 1. The van der Waals surface area contributed by atoms with E-state index in [0.717, 1.165) is 0 Å². The number of aromatic nitrogens is 3. The average molecular weight is 440 g/mol. The van der Waals surface area contributed by atoms with Gasteiger partial charge in [-0.1, -0.05) is 0 Å². The van der Waals surface area contributed by atoms with Crippen LogP contribution in [0, 0.1) is 0 Å². The summed E-state index contributed by atoms with van der Waals surface area (Å²) in [5.41, 5.74) is -0.547. The van der Waals surface area contributed by atoms with E-state index < -0.39 is 77.8 Å². The molecule has 30 heavy (non-hydrogen) atoms. The van der Waals surface area contributed by atoms with Crippen molar-refractivity contribution in [3.63, 3.8) is 0 Å². The Morgan fingerprint density at radius 3 is 2.47 bits per heavy atom. The second-order valence-corrected chi connectivity index (χ2v) is 6.54. The maximum atomic E-state index is 13.5. The summed E-state index contributed by atoms with van der Waals surface area (Å²) in [5.74, 6) is -3.52. The molecule has 0 saturated heterocycles. The zero-order chi connectivity index (χ0) is 22.3. The Hall–Kier alpha value is -2.90. The minimum atomic E-state index is -5.23. The van der Waals surface area contributed by atoms with Gasteiger partial charge in [0.2, 0.25) is 11.5 Å². The molecule has 0 aliphatic carbocycles. The molecule has 0 radical (unpaired) electrons. The summed E-state index contributed by atoms with van der Waals surface area (Å²) in [5, 5.41) is 16.7. The van der Waals surface area contributed by atoms with Crippen LogP contribution in [-0.4, -0.2) is 38.9 Å². The standard InChI is InChI=1S/C16H14F6N4O4/c17-15(18,19)8-6-9(23)10-12-25-26-13(30-12)14(28,16(20,21)22)4-1-2-7(27)3-5-29-11(8)24-10/h6,28H,1-5,23H2. The largest absolute Gasteiger partial charge is 0.477 e. The molecule has 8 nitrogen and oxygen atoms in total. The first kappa shape index (κ1) is 21.8. The van der Waals surface area contributed by atoms with Gasteiger partial charge >= 0.3 is 12.4 Å². The van der Waals surface area contributed by atoms with Gasteiger partial charge in [-0.25, -0.2) is 4.98 Å². The number of hydrogen-bond donors (Lipinski definition) is 2. The molecule has 0 fully saturated rings.